The Morgan fingerprint density at radius 1 is 0.667 bits per heavy atom. The lowest BCUT2D eigenvalue weighted by Crippen LogP contribution is -2.68. The molecule has 2 fully saturated rings. The van der Waals surface area contributed by atoms with Crippen molar-refractivity contribution >= 4 is 11.8 Å². The molecule has 0 bridgehead atoms. The first-order valence-corrected chi connectivity index (χ1v) is 7.83. The number of rotatable bonds is 0. The van der Waals surface area contributed by atoms with Gasteiger partial charge in [-0.05, 0) is 44.9 Å². The Morgan fingerprint density at radius 2 is 1.06 bits per heavy atom. The van der Waals surface area contributed by atoms with E-state index in [2.05, 4.69) is 77.4 Å². The summed E-state index contributed by atoms with van der Waals surface area (Å²) in [5.74, 6) is 0. The molecule has 0 radical (unpaired) electrons. The van der Waals surface area contributed by atoms with Crippen molar-refractivity contribution in [3.05, 3.63) is 0 Å². The minimum atomic E-state index is -0.0455. The molecule has 3 rings (SSSR count). The molecule has 1 saturated heterocycles. The monoisotopic (exact) mass is 266 g/mol. The van der Waals surface area contributed by atoms with Gasteiger partial charge in [0.1, 0.15) is 0 Å². The van der Waals surface area contributed by atoms with Crippen molar-refractivity contribution in [3.8, 4) is 0 Å². The number of hydrogen-bond acceptors (Lipinski definition) is 3. The van der Waals surface area contributed by atoms with E-state index in [1.165, 1.54) is 6.42 Å². The Morgan fingerprint density at radius 3 is 1.33 bits per heavy atom. The van der Waals surface area contributed by atoms with E-state index < -0.39 is 0 Å². The summed E-state index contributed by atoms with van der Waals surface area (Å²) in [5.41, 5.74) is 0.697. The van der Waals surface area contributed by atoms with E-state index in [1.54, 1.807) is 0 Å². The molecule has 2 aliphatic heterocycles. The summed E-state index contributed by atoms with van der Waals surface area (Å²) >= 11 is 2.18. The molecule has 0 N–H and O–H groups in total. The molecule has 18 heavy (non-hydrogen) atoms. The van der Waals surface area contributed by atoms with Gasteiger partial charge >= 0.3 is 0 Å². The molecule has 0 atom stereocenters. The molecular weight excluding hydrogens is 240 g/mol. The number of thioether (sulfide) groups is 1. The number of azo groups is 1. The molecule has 2 nitrogen and oxygen atoms in total. The maximum absolute atomic E-state index is 4.65. The summed E-state index contributed by atoms with van der Waals surface area (Å²) in [6, 6.07) is 0. The molecular formula is C15H26N2S. The maximum atomic E-state index is 4.65. The highest BCUT2D eigenvalue weighted by molar-refractivity contribution is 8.10. The molecule has 0 aromatic rings. The predicted octanol–water partition coefficient (Wildman–Crippen LogP) is 4.69. The summed E-state index contributed by atoms with van der Waals surface area (Å²) in [7, 11) is 0. The van der Waals surface area contributed by atoms with Crippen molar-refractivity contribution in [1.29, 1.82) is 0 Å². The van der Waals surface area contributed by atoms with Crippen LogP contribution in [0.25, 0.3) is 0 Å². The lowest BCUT2D eigenvalue weighted by Gasteiger charge is -2.61. The van der Waals surface area contributed by atoms with Crippen molar-refractivity contribution in [2.45, 2.75) is 82.4 Å². The molecule has 3 heteroatoms. The fraction of sp³-hybridized carbons (Fsp3) is 1.00. The van der Waals surface area contributed by atoms with E-state index in [9.17, 15) is 0 Å². The van der Waals surface area contributed by atoms with Crippen molar-refractivity contribution in [2.24, 2.45) is 21.1 Å². The average Bonchev–Trinajstić information content (AvgIpc) is 2.84. The fourth-order valence-corrected chi connectivity index (χ4v) is 8.59. The third kappa shape index (κ3) is 0.929. The highest BCUT2D eigenvalue weighted by Gasteiger charge is 2.93. The van der Waals surface area contributed by atoms with Crippen LogP contribution >= 0.6 is 11.8 Å². The van der Waals surface area contributed by atoms with Gasteiger partial charge in [-0.25, -0.2) is 0 Å². The molecule has 0 aromatic heterocycles. The van der Waals surface area contributed by atoms with Gasteiger partial charge in [-0.1, -0.05) is 27.7 Å². The van der Waals surface area contributed by atoms with E-state index in [-0.39, 0.29) is 15.8 Å². The second-order valence-electron chi connectivity index (χ2n) is 8.73. The molecule has 0 aromatic carbocycles. The summed E-state index contributed by atoms with van der Waals surface area (Å²) in [4.78, 5) is 0. The van der Waals surface area contributed by atoms with Crippen LogP contribution in [0.4, 0.5) is 0 Å². The Bertz CT molecular complexity index is 425. The molecule has 102 valence electrons. The minimum Gasteiger partial charge on any atom is -0.186 e. The zero-order valence-electron chi connectivity index (χ0n) is 13.0. The molecule has 1 aliphatic carbocycles. The highest BCUT2D eigenvalue weighted by Crippen LogP contribution is 2.91. The topological polar surface area (TPSA) is 24.7 Å². The van der Waals surface area contributed by atoms with E-state index >= 15 is 0 Å². The third-order valence-corrected chi connectivity index (χ3v) is 8.95. The molecule has 1 saturated carbocycles. The normalized spacial score (nSPS) is 37.8. The Labute approximate surface area is 115 Å². The van der Waals surface area contributed by atoms with E-state index in [1.807, 2.05) is 0 Å². The van der Waals surface area contributed by atoms with Crippen LogP contribution in [0.2, 0.25) is 0 Å². The van der Waals surface area contributed by atoms with E-state index in [0.717, 1.165) is 0 Å². The third-order valence-electron chi connectivity index (χ3n) is 5.82. The Balaban J connectivity index is 2.17. The van der Waals surface area contributed by atoms with Crippen LogP contribution in [0.1, 0.15) is 61.8 Å². The Hall–Kier alpha value is -0.0500. The van der Waals surface area contributed by atoms with E-state index in [4.69, 9.17) is 0 Å². The molecule has 2 spiro atoms. The summed E-state index contributed by atoms with van der Waals surface area (Å²) < 4.78 is 0.516. The van der Waals surface area contributed by atoms with Crippen molar-refractivity contribution < 1.29 is 0 Å². The van der Waals surface area contributed by atoms with E-state index in [0.29, 0.717) is 15.6 Å². The van der Waals surface area contributed by atoms with Gasteiger partial charge < -0.3 is 0 Å². The zero-order chi connectivity index (χ0) is 13.8. The summed E-state index contributed by atoms with van der Waals surface area (Å²) in [6.07, 6.45) is 1.31. The van der Waals surface area contributed by atoms with Gasteiger partial charge in [-0.2, -0.15) is 10.2 Å². The van der Waals surface area contributed by atoms with Gasteiger partial charge in [-0.3, -0.25) is 0 Å². The molecule has 0 unspecified atom stereocenters. The van der Waals surface area contributed by atoms with Crippen LogP contribution in [0.3, 0.4) is 0 Å². The van der Waals surface area contributed by atoms with Crippen molar-refractivity contribution in [1.82, 2.24) is 0 Å². The molecule has 3 aliphatic rings. The highest BCUT2D eigenvalue weighted by atomic mass is 32.2. The first-order valence-electron chi connectivity index (χ1n) is 7.01. The smallest absolute Gasteiger partial charge is 0.0944 e. The quantitative estimate of drug-likeness (QED) is 0.584. The largest absolute Gasteiger partial charge is 0.186 e. The second kappa shape index (κ2) is 2.70. The van der Waals surface area contributed by atoms with Gasteiger partial charge in [0.05, 0.1) is 15.8 Å². The van der Waals surface area contributed by atoms with Crippen LogP contribution in [0.5, 0.6) is 0 Å². The summed E-state index contributed by atoms with van der Waals surface area (Å²) in [5, 5.41) is 9.30. The summed E-state index contributed by atoms with van der Waals surface area (Å²) in [6.45, 7) is 18.8. The van der Waals surface area contributed by atoms with Crippen LogP contribution < -0.4 is 0 Å². The zero-order valence-corrected chi connectivity index (χ0v) is 13.8. The van der Waals surface area contributed by atoms with Gasteiger partial charge in [0.25, 0.3) is 0 Å². The first-order chi connectivity index (χ1) is 7.87. The lowest BCUT2D eigenvalue weighted by atomic mass is 9.41. The van der Waals surface area contributed by atoms with Gasteiger partial charge in [0, 0.05) is 4.75 Å². The molecule has 0 amide bonds. The van der Waals surface area contributed by atoms with Crippen molar-refractivity contribution in [3.63, 3.8) is 0 Å². The van der Waals surface area contributed by atoms with Crippen LogP contribution in [-0.4, -0.2) is 20.6 Å². The molecule has 2 heterocycles. The second-order valence-corrected chi connectivity index (χ2v) is 10.2. The number of hydrogen-bond donors (Lipinski definition) is 0. The Kier molecular flexibility index (Phi) is 1.94. The van der Waals surface area contributed by atoms with Gasteiger partial charge in [-0.15, -0.1) is 11.8 Å². The number of fused-ring (bicyclic) bond motifs is 1. The lowest BCUT2D eigenvalue weighted by molar-refractivity contribution is -0.0573. The SMILES string of the molecule is CC1(C)CC(C)(C)C12SC21C(C)(C)N=NC1(C)C. The average molecular weight is 266 g/mol. The first kappa shape index (κ1) is 13.0. The van der Waals surface area contributed by atoms with Crippen LogP contribution in [-0.2, 0) is 0 Å². The predicted molar refractivity (Wildman–Crippen MR) is 78.2 cm³/mol. The van der Waals surface area contributed by atoms with Crippen LogP contribution in [0, 0.1) is 10.8 Å². The van der Waals surface area contributed by atoms with Gasteiger partial charge in [0.15, 0.2) is 0 Å². The van der Waals surface area contributed by atoms with Crippen LogP contribution in [0.15, 0.2) is 10.2 Å². The minimum absolute atomic E-state index is 0.0455. The maximum Gasteiger partial charge on any atom is 0.0944 e. The van der Waals surface area contributed by atoms with Crippen molar-refractivity contribution in [2.75, 3.05) is 0 Å². The standard InChI is InChI=1S/C15H26N2S/c1-10(2)9-11(3,4)14(10)15(18-14)12(5,6)16-17-13(15,7)8/h9H2,1-8H3. The fourth-order valence-electron chi connectivity index (χ4n) is 5.85. The van der Waals surface area contributed by atoms with Gasteiger partial charge in [0.2, 0.25) is 0 Å². The number of nitrogens with zero attached hydrogens (tertiary/aromatic N) is 2.